The molecule has 0 saturated heterocycles. The van der Waals surface area contributed by atoms with Crippen molar-refractivity contribution >= 4 is 31.9 Å². The summed E-state index contributed by atoms with van der Waals surface area (Å²) in [7, 11) is 0. The van der Waals surface area contributed by atoms with Crippen LogP contribution in [0.5, 0.6) is 5.75 Å². The Kier molecular flexibility index (Phi) is 3.86. The number of phenolic OH excluding ortho intramolecular Hbond substituents is 1. The molecule has 0 atom stereocenters. The van der Waals surface area contributed by atoms with Crippen molar-refractivity contribution in [1.82, 2.24) is 0 Å². The van der Waals surface area contributed by atoms with Crippen molar-refractivity contribution in [2.24, 2.45) is 0 Å². The van der Waals surface area contributed by atoms with Crippen molar-refractivity contribution in [2.45, 2.75) is 6.61 Å². The third-order valence-electron chi connectivity index (χ3n) is 2.44. The zero-order chi connectivity index (χ0) is 12.4. The van der Waals surface area contributed by atoms with Crippen molar-refractivity contribution in [1.29, 1.82) is 0 Å². The molecular formula is C13H10Br2O2. The normalized spacial score (nSPS) is 10.5. The van der Waals surface area contributed by atoms with Crippen molar-refractivity contribution in [3.63, 3.8) is 0 Å². The number of rotatable bonds is 2. The minimum atomic E-state index is 0.00700. The molecule has 4 heteroatoms. The molecule has 0 saturated carbocycles. The number of hydrogen-bond acceptors (Lipinski definition) is 2. The van der Waals surface area contributed by atoms with Crippen LogP contribution in [0.4, 0.5) is 0 Å². The van der Waals surface area contributed by atoms with E-state index < -0.39 is 0 Å². The highest BCUT2D eigenvalue weighted by atomic mass is 79.9. The predicted octanol–water partition coefficient (Wildman–Crippen LogP) is 4.08. The van der Waals surface area contributed by atoms with Crippen LogP contribution in [0.2, 0.25) is 0 Å². The van der Waals surface area contributed by atoms with Crippen LogP contribution in [0, 0.1) is 0 Å². The van der Waals surface area contributed by atoms with Gasteiger partial charge in [0.05, 0.1) is 6.61 Å². The molecule has 0 unspecified atom stereocenters. The summed E-state index contributed by atoms with van der Waals surface area (Å²) in [5.41, 5.74) is 2.83. The van der Waals surface area contributed by atoms with Crippen LogP contribution in [0.1, 0.15) is 5.56 Å². The molecule has 0 aliphatic rings. The van der Waals surface area contributed by atoms with Crippen LogP contribution in [-0.4, -0.2) is 10.2 Å². The van der Waals surface area contributed by atoms with E-state index in [1.807, 2.05) is 24.3 Å². The molecule has 2 N–H and O–H groups in total. The maximum absolute atomic E-state index is 9.27. The summed E-state index contributed by atoms with van der Waals surface area (Å²) < 4.78 is 1.81. The zero-order valence-electron chi connectivity index (χ0n) is 8.82. The molecule has 0 bridgehead atoms. The van der Waals surface area contributed by atoms with Crippen molar-refractivity contribution in [3.8, 4) is 16.9 Å². The predicted molar refractivity (Wildman–Crippen MR) is 74.9 cm³/mol. The van der Waals surface area contributed by atoms with E-state index in [0.717, 1.165) is 25.6 Å². The Morgan fingerprint density at radius 3 is 1.94 bits per heavy atom. The second-order valence-corrected chi connectivity index (χ2v) is 5.35. The molecule has 17 heavy (non-hydrogen) atoms. The Morgan fingerprint density at radius 2 is 1.47 bits per heavy atom. The molecule has 0 fully saturated rings. The number of phenols is 1. The highest BCUT2D eigenvalue weighted by Gasteiger charge is 2.09. The number of aromatic hydroxyl groups is 1. The van der Waals surface area contributed by atoms with Gasteiger partial charge in [0, 0.05) is 14.5 Å². The van der Waals surface area contributed by atoms with E-state index in [-0.39, 0.29) is 12.4 Å². The van der Waals surface area contributed by atoms with E-state index in [4.69, 9.17) is 5.11 Å². The van der Waals surface area contributed by atoms with Crippen molar-refractivity contribution in [3.05, 3.63) is 50.9 Å². The van der Waals surface area contributed by atoms with E-state index in [1.54, 1.807) is 12.1 Å². The highest BCUT2D eigenvalue weighted by molar-refractivity contribution is 9.11. The Bertz CT molecular complexity index is 513. The number of hydrogen-bond donors (Lipinski definition) is 2. The lowest BCUT2D eigenvalue weighted by Crippen LogP contribution is -1.88. The van der Waals surface area contributed by atoms with Gasteiger partial charge in [0.2, 0.25) is 0 Å². The van der Waals surface area contributed by atoms with Gasteiger partial charge in [-0.05, 0) is 35.4 Å². The van der Waals surface area contributed by atoms with Gasteiger partial charge in [-0.15, -0.1) is 0 Å². The Hall–Kier alpha value is -0.840. The number of aliphatic hydroxyl groups is 1. The standard InChI is InChI=1S/C13H10Br2O2/c14-11-5-8(7-16)6-12(15)13(11)9-1-3-10(17)4-2-9/h1-6,16-17H,7H2. The Balaban J connectivity index is 2.55. The van der Waals surface area contributed by atoms with E-state index >= 15 is 0 Å². The number of halogens is 2. The lowest BCUT2D eigenvalue weighted by Gasteiger charge is -2.10. The minimum absolute atomic E-state index is 0.00700. The first-order valence-corrected chi connectivity index (χ1v) is 6.58. The summed E-state index contributed by atoms with van der Waals surface area (Å²) in [6.07, 6.45) is 0. The average Bonchev–Trinajstić information content (AvgIpc) is 2.30. The lowest BCUT2D eigenvalue weighted by molar-refractivity contribution is 0.281. The van der Waals surface area contributed by atoms with Gasteiger partial charge in [0.25, 0.3) is 0 Å². The number of benzene rings is 2. The molecule has 0 amide bonds. The first kappa shape index (κ1) is 12.6. The van der Waals surface area contributed by atoms with Crippen LogP contribution in [-0.2, 0) is 6.61 Å². The van der Waals surface area contributed by atoms with Gasteiger partial charge in [-0.2, -0.15) is 0 Å². The molecular weight excluding hydrogens is 348 g/mol. The topological polar surface area (TPSA) is 40.5 Å². The van der Waals surface area contributed by atoms with Crippen molar-refractivity contribution in [2.75, 3.05) is 0 Å². The summed E-state index contributed by atoms with van der Waals surface area (Å²) in [4.78, 5) is 0. The largest absolute Gasteiger partial charge is 0.508 e. The van der Waals surface area contributed by atoms with Crippen molar-refractivity contribution < 1.29 is 10.2 Å². The quantitative estimate of drug-likeness (QED) is 0.850. The zero-order valence-corrected chi connectivity index (χ0v) is 12.0. The fourth-order valence-electron chi connectivity index (χ4n) is 1.62. The van der Waals surface area contributed by atoms with Gasteiger partial charge < -0.3 is 10.2 Å². The van der Waals surface area contributed by atoms with E-state index in [0.29, 0.717) is 0 Å². The summed E-state index contributed by atoms with van der Waals surface area (Å²) in [5, 5.41) is 18.4. The minimum Gasteiger partial charge on any atom is -0.508 e. The van der Waals surface area contributed by atoms with E-state index in [9.17, 15) is 5.11 Å². The van der Waals surface area contributed by atoms with Crippen LogP contribution in [0.3, 0.4) is 0 Å². The molecule has 0 radical (unpaired) electrons. The van der Waals surface area contributed by atoms with Gasteiger partial charge in [-0.1, -0.05) is 44.0 Å². The summed E-state index contributed by atoms with van der Waals surface area (Å²) in [5.74, 6) is 0.243. The third-order valence-corrected chi connectivity index (χ3v) is 3.69. The summed E-state index contributed by atoms with van der Waals surface area (Å²) in [6, 6.07) is 10.7. The maximum Gasteiger partial charge on any atom is 0.115 e. The summed E-state index contributed by atoms with van der Waals surface area (Å²) in [6.45, 7) is 0.00700. The molecule has 2 aromatic carbocycles. The highest BCUT2D eigenvalue weighted by Crippen LogP contribution is 2.36. The lowest BCUT2D eigenvalue weighted by atomic mass is 10.0. The molecule has 0 spiro atoms. The van der Waals surface area contributed by atoms with Gasteiger partial charge in [-0.25, -0.2) is 0 Å². The molecule has 0 heterocycles. The molecule has 2 rings (SSSR count). The fraction of sp³-hybridized carbons (Fsp3) is 0.0769. The SMILES string of the molecule is OCc1cc(Br)c(-c2ccc(O)cc2)c(Br)c1. The fourth-order valence-corrected chi connectivity index (χ4v) is 3.36. The molecule has 88 valence electrons. The van der Waals surface area contributed by atoms with Crippen LogP contribution < -0.4 is 0 Å². The smallest absolute Gasteiger partial charge is 0.115 e. The van der Waals surface area contributed by atoms with Crippen LogP contribution in [0.25, 0.3) is 11.1 Å². The van der Waals surface area contributed by atoms with Gasteiger partial charge in [0.15, 0.2) is 0 Å². The summed E-state index contributed by atoms with van der Waals surface area (Å²) >= 11 is 6.98. The van der Waals surface area contributed by atoms with Crippen LogP contribution >= 0.6 is 31.9 Å². The Labute approximate surface area is 116 Å². The van der Waals surface area contributed by atoms with Gasteiger partial charge in [0.1, 0.15) is 5.75 Å². The monoisotopic (exact) mass is 356 g/mol. The van der Waals surface area contributed by atoms with Gasteiger partial charge >= 0.3 is 0 Å². The van der Waals surface area contributed by atoms with E-state index in [2.05, 4.69) is 31.9 Å². The second-order valence-electron chi connectivity index (χ2n) is 3.64. The second kappa shape index (κ2) is 5.21. The molecule has 2 aromatic rings. The first-order valence-electron chi connectivity index (χ1n) is 5.00. The maximum atomic E-state index is 9.27. The molecule has 2 nitrogen and oxygen atoms in total. The van der Waals surface area contributed by atoms with E-state index in [1.165, 1.54) is 0 Å². The molecule has 0 aliphatic carbocycles. The third kappa shape index (κ3) is 2.70. The Morgan fingerprint density at radius 1 is 0.941 bits per heavy atom. The average molecular weight is 358 g/mol. The molecule has 0 aliphatic heterocycles. The van der Waals surface area contributed by atoms with Crippen LogP contribution in [0.15, 0.2) is 45.3 Å². The first-order chi connectivity index (χ1) is 8.11. The number of aliphatic hydroxyl groups excluding tert-OH is 1. The molecule has 0 aromatic heterocycles. The van der Waals surface area contributed by atoms with Gasteiger partial charge in [-0.3, -0.25) is 0 Å².